The smallest absolute Gasteiger partial charge is 0.253 e. The Labute approximate surface area is 187 Å². The van der Waals surface area contributed by atoms with Crippen LogP contribution in [0.3, 0.4) is 0 Å². The van der Waals surface area contributed by atoms with E-state index < -0.39 is 0 Å². The summed E-state index contributed by atoms with van der Waals surface area (Å²) in [6, 6.07) is 16.6. The molecule has 0 radical (unpaired) electrons. The highest BCUT2D eigenvalue weighted by Gasteiger charge is 2.23. The molecule has 166 valence electrons. The first-order chi connectivity index (χ1) is 15.6. The Morgan fingerprint density at radius 2 is 1.47 bits per heavy atom. The fourth-order valence-electron chi connectivity index (χ4n) is 3.71. The van der Waals surface area contributed by atoms with Gasteiger partial charge in [0.1, 0.15) is 17.2 Å². The summed E-state index contributed by atoms with van der Waals surface area (Å²) in [5, 5.41) is 8.83. The summed E-state index contributed by atoms with van der Waals surface area (Å²) in [5.41, 5.74) is 2.19. The average molecular weight is 434 g/mol. The minimum atomic E-state index is 0.0267. The van der Waals surface area contributed by atoms with E-state index in [1.807, 2.05) is 35.2 Å². The Hall–Kier alpha value is -3.81. The Balaban J connectivity index is 1.41. The molecule has 0 N–H and O–H groups in total. The number of aromatic nitrogens is 2. The maximum Gasteiger partial charge on any atom is 0.253 e. The average Bonchev–Trinajstić information content (AvgIpc) is 2.88. The molecule has 0 aliphatic carbocycles. The molecule has 1 aliphatic heterocycles. The normalized spacial score (nSPS) is 13.6. The number of anilines is 1. The van der Waals surface area contributed by atoms with Gasteiger partial charge < -0.3 is 24.0 Å². The molecule has 8 nitrogen and oxygen atoms in total. The molecular weight excluding hydrogens is 408 g/mol. The summed E-state index contributed by atoms with van der Waals surface area (Å²) >= 11 is 0. The molecule has 0 spiro atoms. The van der Waals surface area contributed by atoms with Gasteiger partial charge in [0.2, 0.25) is 0 Å². The van der Waals surface area contributed by atoms with E-state index in [1.54, 1.807) is 45.6 Å². The third kappa shape index (κ3) is 4.44. The number of piperazine rings is 1. The topological polar surface area (TPSA) is 77.0 Å². The first-order valence-corrected chi connectivity index (χ1v) is 10.4. The highest BCUT2D eigenvalue weighted by Crippen LogP contribution is 2.32. The molecule has 3 aromatic rings. The molecule has 32 heavy (non-hydrogen) atoms. The molecule has 0 bridgehead atoms. The highest BCUT2D eigenvalue weighted by molar-refractivity contribution is 5.94. The zero-order valence-electron chi connectivity index (χ0n) is 18.4. The van der Waals surface area contributed by atoms with Crippen LogP contribution in [0.2, 0.25) is 0 Å². The lowest BCUT2D eigenvalue weighted by atomic mass is 10.1. The van der Waals surface area contributed by atoms with Crippen molar-refractivity contribution in [1.29, 1.82) is 0 Å². The van der Waals surface area contributed by atoms with Crippen LogP contribution in [0.15, 0.2) is 54.6 Å². The van der Waals surface area contributed by atoms with Gasteiger partial charge in [0.25, 0.3) is 5.91 Å². The summed E-state index contributed by atoms with van der Waals surface area (Å²) in [7, 11) is 4.86. The minimum absolute atomic E-state index is 0.0267. The van der Waals surface area contributed by atoms with Crippen LogP contribution in [0.4, 0.5) is 5.82 Å². The largest absolute Gasteiger partial charge is 0.497 e. The lowest BCUT2D eigenvalue weighted by Crippen LogP contribution is -2.49. The SMILES string of the molecule is COc1ccc(C(=O)N2CCN(c3ccc(-c4cc(OC)ccc4OC)nn3)CC2)cc1. The van der Waals surface area contributed by atoms with E-state index in [4.69, 9.17) is 14.2 Å². The Kier molecular flexibility index (Phi) is 6.39. The van der Waals surface area contributed by atoms with Crippen LogP contribution in [-0.2, 0) is 0 Å². The second kappa shape index (κ2) is 9.55. The van der Waals surface area contributed by atoms with Crippen molar-refractivity contribution >= 4 is 11.7 Å². The van der Waals surface area contributed by atoms with E-state index in [1.165, 1.54) is 0 Å². The monoisotopic (exact) mass is 434 g/mol. The predicted octanol–water partition coefficient (Wildman–Crippen LogP) is 3.13. The zero-order chi connectivity index (χ0) is 22.5. The summed E-state index contributed by atoms with van der Waals surface area (Å²) in [6.45, 7) is 2.63. The van der Waals surface area contributed by atoms with Crippen LogP contribution in [0.25, 0.3) is 11.3 Å². The lowest BCUT2D eigenvalue weighted by Gasteiger charge is -2.35. The third-order valence-corrected chi connectivity index (χ3v) is 5.56. The van der Waals surface area contributed by atoms with Crippen molar-refractivity contribution in [2.75, 3.05) is 52.4 Å². The van der Waals surface area contributed by atoms with Crippen molar-refractivity contribution in [3.63, 3.8) is 0 Å². The molecule has 4 rings (SSSR count). The molecule has 1 amide bonds. The number of nitrogens with zero attached hydrogens (tertiary/aromatic N) is 4. The third-order valence-electron chi connectivity index (χ3n) is 5.56. The van der Waals surface area contributed by atoms with Gasteiger partial charge in [0.05, 0.1) is 27.0 Å². The van der Waals surface area contributed by atoms with Gasteiger partial charge in [-0.1, -0.05) is 0 Å². The molecule has 2 heterocycles. The number of hydrogen-bond acceptors (Lipinski definition) is 7. The number of ether oxygens (including phenoxy) is 3. The van der Waals surface area contributed by atoms with Crippen molar-refractivity contribution < 1.29 is 19.0 Å². The van der Waals surface area contributed by atoms with E-state index >= 15 is 0 Å². The van der Waals surface area contributed by atoms with Crippen molar-refractivity contribution in [2.24, 2.45) is 0 Å². The van der Waals surface area contributed by atoms with Gasteiger partial charge >= 0.3 is 0 Å². The fraction of sp³-hybridized carbons (Fsp3) is 0.292. The number of carbonyl (C=O) groups is 1. The lowest BCUT2D eigenvalue weighted by molar-refractivity contribution is 0.0746. The maximum absolute atomic E-state index is 12.8. The molecule has 0 unspecified atom stereocenters. The van der Waals surface area contributed by atoms with Gasteiger partial charge in [-0.25, -0.2) is 0 Å². The molecule has 1 saturated heterocycles. The molecule has 2 aromatic carbocycles. The summed E-state index contributed by atoms with van der Waals surface area (Å²) in [4.78, 5) is 16.8. The minimum Gasteiger partial charge on any atom is -0.497 e. The number of hydrogen-bond donors (Lipinski definition) is 0. The number of carbonyl (C=O) groups excluding carboxylic acids is 1. The quantitative estimate of drug-likeness (QED) is 0.590. The molecule has 1 fully saturated rings. The molecule has 0 saturated carbocycles. The molecular formula is C24H26N4O4. The fourth-order valence-corrected chi connectivity index (χ4v) is 3.71. The van der Waals surface area contributed by atoms with Gasteiger partial charge in [-0.15, -0.1) is 10.2 Å². The Bertz CT molecular complexity index is 1060. The van der Waals surface area contributed by atoms with Crippen molar-refractivity contribution in [1.82, 2.24) is 15.1 Å². The van der Waals surface area contributed by atoms with E-state index in [9.17, 15) is 4.79 Å². The van der Waals surface area contributed by atoms with Crippen LogP contribution < -0.4 is 19.1 Å². The van der Waals surface area contributed by atoms with Crippen molar-refractivity contribution in [2.45, 2.75) is 0 Å². The summed E-state index contributed by atoms with van der Waals surface area (Å²) < 4.78 is 15.9. The Morgan fingerprint density at radius 1 is 0.781 bits per heavy atom. The van der Waals surface area contributed by atoms with Crippen LogP contribution in [0.1, 0.15) is 10.4 Å². The maximum atomic E-state index is 12.8. The summed E-state index contributed by atoms with van der Waals surface area (Å²) in [5.74, 6) is 2.98. The van der Waals surface area contributed by atoms with Crippen molar-refractivity contribution in [3.8, 4) is 28.5 Å². The molecule has 0 atom stereocenters. The molecule has 8 heteroatoms. The molecule has 1 aromatic heterocycles. The van der Waals surface area contributed by atoms with Gasteiger partial charge in [-0.2, -0.15) is 0 Å². The van der Waals surface area contributed by atoms with E-state index in [2.05, 4.69) is 15.1 Å². The molecule has 1 aliphatic rings. The van der Waals surface area contributed by atoms with E-state index in [0.717, 1.165) is 22.9 Å². The van der Waals surface area contributed by atoms with Crippen LogP contribution in [-0.4, -0.2) is 68.5 Å². The number of amides is 1. The van der Waals surface area contributed by atoms with Gasteiger partial charge in [-0.3, -0.25) is 4.79 Å². The Morgan fingerprint density at radius 3 is 2.06 bits per heavy atom. The van der Waals surface area contributed by atoms with Crippen LogP contribution >= 0.6 is 0 Å². The van der Waals surface area contributed by atoms with Crippen LogP contribution in [0.5, 0.6) is 17.2 Å². The van der Waals surface area contributed by atoms with E-state index in [-0.39, 0.29) is 5.91 Å². The van der Waals surface area contributed by atoms with Gasteiger partial charge in [0, 0.05) is 37.3 Å². The second-order valence-electron chi connectivity index (χ2n) is 7.35. The van der Waals surface area contributed by atoms with E-state index in [0.29, 0.717) is 43.2 Å². The number of methoxy groups -OCH3 is 3. The van der Waals surface area contributed by atoms with Gasteiger partial charge in [0.15, 0.2) is 5.82 Å². The zero-order valence-corrected chi connectivity index (χ0v) is 18.4. The number of rotatable bonds is 6. The van der Waals surface area contributed by atoms with Crippen molar-refractivity contribution in [3.05, 3.63) is 60.2 Å². The first-order valence-electron chi connectivity index (χ1n) is 10.4. The second-order valence-corrected chi connectivity index (χ2v) is 7.35. The number of benzene rings is 2. The highest BCUT2D eigenvalue weighted by atomic mass is 16.5. The van der Waals surface area contributed by atoms with Gasteiger partial charge in [-0.05, 0) is 54.6 Å². The van der Waals surface area contributed by atoms with Crippen LogP contribution in [0, 0.1) is 0 Å². The first kappa shape index (κ1) is 21.4. The predicted molar refractivity (Wildman–Crippen MR) is 122 cm³/mol. The summed E-state index contributed by atoms with van der Waals surface area (Å²) in [6.07, 6.45) is 0. The standard InChI is InChI=1S/C24H26N4O4/c1-30-18-6-4-17(5-7-18)24(29)28-14-12-27(13-15-28)23-11-9-21(25-26-23)20-16-19(31-2)8-10-22(20)32-3/h4-11,16H,12-15H2,1-3H3.